The minimum atomic E-state index is -0.195. The van der Waals surface area contributed by atoms with Gasteiger partial charge in [0.15, 0.2) is 0 Å². The lowest BCUT2D eigenvalue weighted by Crippen LogP contribution is -2.41. The summed E-state index contributed by atoms with van der Waals surface area (Å²) in [5.41, 5.74) is 13.4. The van der Waals surface area contributed by atoms with Gasteiger partial charge in [-0.05, 0) is 24.5 Å². The van der Waals surface area contributed by atoms with E-state index in [4.69, 9.17) is 11.5 Å². The molecule has 1 atom stereocenters. The van der Waals surface area contributed by atoms with E-state index in [2.05, 4.69) is 11.0 Å². The second-order valence-electron chi connectivity index (χ2n) is 4.52. The Labute approximate surface area is 102 Å². The largest absolute Gasteiger partial charge is 0.370 e. The van der Waals surface area contributed by atoms with Gasteiger partial charge in [0.2, 0.25) is 5.91 Å². The summed E-state index contributed by atoms with van der Waals surface area (Å²) in [6.45, 7) is 2.21. The van der Waals surface area contributed by atoms with E-state index >= 15 is 0 Å². The first-order valence-corrected chi connectivity index (χ1v) is 6.04. The predicted molar refractivity (Wildman–Crippen MR) is 68.5 cm³/mol. The average molecular weight is 233 g/mol. The van der Waals surface area contributed by atoms with Gasteiger partial charge in [0.1, 0.15) is 0 Å². The molecule has 0 aliphatic carbocycles. The molecule has 0 aromatic heterocycles. The van der Waals surface area contributed by atoms with Gasteiger partial charge in [0, 0.05) is 25.3 Å². The summed E-state index contributed by atoms with van der Waals surface area (Å²) in [6.07, 6.45) is 1.91. The SMILES string of the molecule is NCc1ccccc1N1CCCC(C(N)=O)C1. The first kappa shape index (κ1) is 11.9. The van der Waals surface area contributed by atoms with Gasteiger partial charge >= 0.3 is 0 Å². The van der Waals surface area contributed by atoms with Crippen LogP contribution in [0.3, 0.4) is 0 Å². The van der Waals surface area contributed by atoms with Crippen molar-refractivity contribution < 1.29 is 4.79 Å². The molecule has 1 unspecified atom stereocenters. The summed E-state index contributed by atoms with van der Waals surface area (Å²) >= 11 is 0. The first-order chi connectivity index (χ1) is 8.22. The summed E-state index contributed by atoms with van der Waals surface area (Å²) in [5, 5.41) is 0. The van der Waals surface area contributed by atoms with Gasteiger partial charge in [0.05, 0.1) is 5.92 Å². The molecule has 1 amide bonds. The molecule has 4 heteroatoms. The zero-order valence-electron chi connectivity index (χ0n) is 9.93. The molecule has 0 radical (unpaired) electrons. The van der Waals surface area contributed by atoms with Crippen LogP contribution in [-0.4, -0.2) is 19.0 Å². The lowest BCUT2D eigenvalue weighted by molar-refractivity contribution is -0.122. The number of nitrogens with two attached hydrogens (primary N) is 2. The lowest BCUT2D eigenvalue weighted by Gasteiger charge is -2.34. The molecule has 0 spiro atoms. The van der Waals surface area contributed by atoms with E-state index in [0.29, 0.717) is 13.1 Å². The van der Waals surface area contributed by atoms with Crippen LogP contribution in [0, 0.1) is 5.92 Å². The van der Waals surface area contributed by atoms with Crippen LogP contribution < -0.4 is 16.4 Å². The summed E-state index contributed by atoms with van der Waals surface area (Å²) in [6, 6.07) is 8.08. The average Bonchev–Trinajstić information content (AvgIpc) is 2.39. The first-order valence-electron chi connectivity index (χ1n) is 6.04. The summed E-state index contributed by atoms with van der Waals surface area (Å²) in [5.74, 6) is -0.227. The third kappa shape index (κ3) is 2.58. The number of para-hydroxylation sites is 1. The Morgan fingerprint density at radius 1 is 1.41 bits per heavy atom. The van der Waals surface area contributed by atoms with Crippen LogP contribution in [0.25, 0.3) is 0 Å². The zero-order valence-corrected chi connectivity index (χ0v) is 9.93. The molecule has 1 aliphatic heterocycles. The number of hydrogen-bond acceptors (Lipinski definition) is 3. The number of primary amides is 1. The predicted octanol–water partition coefficient (Wildman–Crippen LogP) is 0.847. The number of piperidine rings is 1. The molecule has 1 heterocycles. The highest BCUT2D eigenvalue weighted by Crippen LogP contribution is 2.25. The highest BCUT2D eigenvalue weighted by molar-refractivity contribution is 5.77. The van der Waals surface area contributed by atoms with Crippen molar-refractivity contribution in [2.24, 2.45) is 17.4 Å². The van der Waals surface area contributed by atoms with Crippen molar-refractivity contribution in [3.8, 4) is 0 Å². The zero-order chi connectivity index (χ0) is 12.3. The summed E-state index contributed by atoms with van der Waals surface area (Å²) in [4.78, 5) is 13.5. The third-order valence-corrected chi connectivity index (χ3v) is 3.38. The molecule has 0 saturated carbocycles. The maximum absolute atomic E-state index is 11.3. The van der Waals surface area contributed by atoms with Gasteiger partial charge in [-0.25, -0.2) is 0 Å². The van der Waals surface area contributed by atoms with Gasteiger partial charge < -0.3 is 16.4 Å². The number of nitrogens with zero attached hydrogens (tertiary/aromatic N) is 1. The van der Waals surface area contributed by atoms with E-state index in [-0.39, 0.29) is 11.8 Å². The molecular formula is C13H19N3O. The minimum absolute atomic E-state index is 0.0328. The van der Waals surface area contributed by atoms with E-state index < -0.39 is 0 Å². The van der Waals surface area contributed by atoms with Crippen molar-refractivity contribution in [2.75, 3.05) is 18.0 Å². The highest BCUT2D eigenvalue weighted by atomic mass is 16.1. The van der Waals surface area contributed by atoms with Crippen LogP contribution >= 0.6 is 0 Å². The fraction of sp³-hybridized carbons (Fsp3) is 0.462. The molecule has 4 nitrogen and oxygen atoms in total. The molecule has 2 rings (SSSR count). The van der Waals surface area contributed by atoms with E-state index in [1.807, 2.05) is 18.2 Å². The summed E-state index contributed by atoms with van der Waals surface area (Å²) in [7, 11) is 0. The van der Waals surface area contributed by atoms with Crippen LogP contribution in [0.1, 0.15) is 18.4 Å². The summed E-state index contributed by atoms with van der Waals surface area (Å²) < 4.78 is 0. The van der Waals surface area contributed by atoms with Crippen molar-refractivity contribution in [3.05, 3.63) is 29.8 Å². The fourth-order valence-electron chi connectivity index (χ4n) is 2.42. The lowest BCUT2D eigenvalue weighted by atomic mass is 9.96. The maximum atomic E-state index is 11.3. The molecule has 1 fully saturated rings. The Kier molecular flexibility index (Phi) is 3.64. The topological polar surface area (TPSA) is 72.3 Å². The molecule has 1 saturated heterocycles. The van der Waals surface area contributed by atoms with Crippen LogP contribution in [0.2, 0.25) is 0 Å². The smallest absolute Gasteiger partial charge is 0.222 e. The van der Waals surface area contributed by atoms with Crippen LogP contribution in [0.4, 0.5) is 5.69 Å². The van der Waals surface area contributed by atoms with E-state index in [1.54, 1.807) is 0 Å². The van der Waals surface area contributed by atoms with Gasteiger partial charge in [-0.3, -0.25) is 4.79 Å². The van der Waals surface area contributed by atoms with Crippen molar-refractivity contribution in [1.82, 2.24) is 0 Å². The third-order valence-electron chi connectivity index (χ3n) is 3.38. The number of carbonyl (C=O) groups excluding carboxylic acids is 1. The Morgan fingerprint density at radius 3 is 2.88 bits per heavy atom. The van der Waals surface area contributed by atoms with E-state index in [1.165, 1.54) is 0 Å². The molecule has 1 aromatic rings. The van der Waals surface area contributed by atoms with Gasteiger partial charge in [-0.2, -0.15) is 0 Å². The minimum Gasteiger partial charge on any atom is -0.370 e. The molecule has 4 N–H and O–H groups in total. The number of carbonyl (C=O) groups is 1. The van der Waals surface area contributed by atoms with Crippen LogP contribution in [0.5, 0.6) is 0 Å². The molecule has 0 bridgehead atoms. The van der Waals surface area contributed by atoms with Gasteiger partial charge in [0.25, 0.3) is 0 Å². The number of amides is 1. The molecule has 17 heavy (non-hydrogen) atoms. The second-order valence-corrected chi connectivity index (χ2v) is 4.52. The van der Waals surface area contributed by atoms with Crippen LogP contribution in [-0.2, 0) is 11.3 Å². The van der Waals surface area contributed by atoms with Crippen molar-refractivity contribution >= 4 is 11.6 Å². The quantitative estimate of drug-likeness (QED) is 0.813. The number of anilines is 1. The number of rotatable bonds is 3. The Balaban J connectivity index is 2.18. The standard InChI is InChI=1S/C13H19N3O/c14-8-10-4-1-2-6-12(10)16-7-3-5-11(9-16)13(15)17/h1-2,4,6,11H,3,5,7-9,14H2,(H2,15,17). The maximum Gasteiger partial charge on any atom is 0.222 e. The van der Waals surface area contributed by atoms with E-state index in [0.717, 1.165) is 30.6 Å². The van der Waals surface area contributed by atoms with Crippen molar-refractivity contribution in [1.29, 1.82) is 0 Å². The molecule has 92 valence electrons. The Hall–Kier alpha value is -1.55. The molecular weight excluding hydrogens is 214 g/mol. The van der Waals surface area contributed by atoms with Crippen molar-refractivity contribution in [2.45, 2.75) is 19.4 Å². The monoisotopic (exact) mass is 233 g/mol. The number of hydrogen-bond donors (Lipinski definition) is 2. The Bertz CT molecular complexity index is 405. The van der Waals surface area contributed by atoms with E-state index in [9.17, 15) is 4.79 Å². The second kappa shape index (κ2) is 5.19. The Morgan fingerprint density at radius 2 is 2.18 bits per heavy atom. The number of benzene rings is 1. The van der Waals surface area contributed by atoms with Gasteiger partial charge in [-0.1, -0.05) is 18.2 Å². The fourth-order valence-corrected chi connectivity index (χ4v) is 2.42. The highest BCUT2D eigenvalue weighted by Gasteiger charge is 2.24. The van der Waals surface area contributed by atoms with Crippen molar-refractivity contribution in [3.63, 3.8) is 0 Å². The normalized spacial score (nSPS) is 20.3. The molecule has 1 aliphatic rings. The van der Waals surface area contributed by atoms with Crippen LogP contribution in [0.15, 0.2) is 24.3 Å². The van der Waals surface area contributed by atoms with Gasteiger partial charge in [-0.15, -0.1) is 0 Å². The molecule has 1 aromatic carbocycles.